The summed E-state index contributed by atoms with van der Waals surface area (Å²) in [5.41, 5.74) is 2.47. The molecule has 0 saturated carbocycles. The Balaban J connectivity index is 3.00. The van der Waals surface area contributed by atoms with Crippen molar-refractivity contribution in [2.24, 2.45) is 10.8 Å². The second-order valence-corrected chi connectivity index (χ2v) is 3.14. The average molecular weight is 190 g/mol. The van der Waals surface area contributed by atoms with Crippen LogP contribution in [-0.2, 0) is 0 Å². The van der Waals surface area contributed by atoms with Gasteiger partial charge < -0.3 is 5.43 Å². The zero-order valence-corrected chi connectivity index (χ0v) is 7.54. The van der Waals surface area contributed by atoms with Gasteiger partial charge in [0.25, 0.3) is 0 Å². The van der Waals surface area contributed by atoms with Crippen LogP contribution in [0.25, 0.3) is 0 Å². The van der Waals surface area contributed by atoms with E-state index in [1.807, 2.05) is 11.4 Å². The van der Waals surface area contributed by atoms with Gasteiger partial charge in [0.2, 0.25) is 0 Å². The van der Waals surface area contributed by atoms with Crippen LogP contribution in [0.15, 0.2) is 16.4 Å². The zero-order valence-electron chi connectivity index (χ0n) is 5.97. The lowest BCUT2D eigenvalue weighted by molar-refractivity contribution is 1.02. The summed E-state index contributed by atoms with van der Waals surface area (Å²) in [7, 11) is 1.66. The second kappa shape index (κ2) is 3.71. The van der Waals surface area contributed by atoms with Gasteiger partial charge in [-0.2, -0.15) is 0 Å². The molecule has 0 amide bonds. The molecule has 0 aliphatic carbocycles. The van der Waals surface area contributed by atoms with Crippen LogP contribution < -0.4 is 11.3 Å². The summed E-state index contributed by atoms with van der Waals surface area (Å²) in [5, 5.41) is 2.56. The van der Waals surface area contributed by atoms with E-state index in [4.69, 9.17) is 17.4 Å². The van der Waals surface area contributed by atoms with Gasteiger partial charge in [0.15, 0.2) is 5.84 Å². The van der Waals surface area contributed by atoms with Gasteiger partial charge in [-0.1, -0.05) is 11.6 Å². The summed E-state index contributed by atoms with van der Waals surface area (Å²) in [6, 6.07) is 1.81. The molecule has 0 radical (unpaired) electrons. The van der Waals surface area contributed by atoms with E-state index < -0.39 is 0 Å². The lowest BCUT2D eigenvalue weighted by Crippen LogP contribution is -2.30. The van der Waals surface area contributed by atoms with E-state index in [0.29, 0.717) is 10.9 Å². The van der Waals surface area contributed by atoms with Crippen LogP contribution in [0.5, 0.6) is 0 Å². The van der Waals surface area contributed by atoms with E-state index in [-0.39, 0.29) is 0 Å². The van der Waals surface area contributed by atoms with Crippen LogP contribution in [0.1, 0.15) is 4.88 Å². The number of nitrogens with zero attached hydrogens (tertiary/aromatic N) is 1. The number of aliphatic imine (C=N–C) groups is 1. The molecule has 0 aromatic carbocycles. The fourth-order valence-electron chi connectivity index (χ4n) is 0.694. The number of thiophene rings is 1. The van der Waals surface area contributed by atoms with Gasteiger partial charge >= 0.3 is 0 Å². The molecule has 0 bridgehead atoms. The lowest BCUT2D eigenvalue weighted by Gasteiger charge is -2.00. The lowest BCUT2D eigenvalue weighted by atomic mass is 10.4. The molecular weight excluding hydrogens is 182 g/mol. The number of rotatable bonds is 1. The highest BCUT2D eigenvalue weighted by atomic mass is 35.5. The van der Waals surface area contributed by atoms with Gasteiger partial charge in [-0.25, -0.2) is 5.84 Å². The smallest absolute Gasteiger partial charge is 0.154 e. The van der Waals surface area contributed by atoms with Crippen molar-refractivity contribution in [3.05, 3.63) is 21.3 Å². The molecule has 0 fully saturated rings. The molecule has 11 heavy (non-hydrogen) atoms. The number of amidine groups is 1. The minimum atomic E-state index is 0.616. The first-order chi connectivity index (χ1) is 5.29. The molecule has 0 aliphatic heterocycles. The Morgan fingerprint density at radius 2 is 2.55 bits per heavy atom. The molecule has 1 aromatic rings. The van der Waals surface area contributed by atoms with E-state index in [9.17, 15) is 0 Å². The molecule has 1 heterocycles. The molecule has 0 spiro atoms. The first-order valence-electron chi connectivity index (χ1n) is 2.96. The molecule has 60 valence electrons. The maximum atomic E-state index is 5.83. The zero-order chi connectivity index (χ0) is 8.27. The van der Waals surface area contributed by atoms with Crippen molar-refractivity contribution in [1.29, 1.82) is 0 Å². The van der Waals surface area contributed by atoms with E-state index in [0.717, 1.165) is 4.88 Å². The van der Waals surface area contributed by atoms with Crippen molar-refractivity contribution in [2.75, 3.05) is 7.05 Å². The largest absolute Gasteiger partial charge is 0.308 e. The predicted octanol–water partition coefficient (Wildman–Crippen LogP) is 1.24. The molecule has 5 heteroatoms. The SMILES string of the molecule is CN=C(NN)c1sccc1Cl. The third kappa shape index (κ3) is 1.71. The van der Waals surface area contributed by atoms with E-state index >= 15 is 0 Å². The average Bonchev–Trinajstić information content (AvgIpc) is 2.40. The van der Waals surface area contributed by atoms with Crippen LogP contribution in [0.3, 0.4) is 0 Å². The molecule has 1 aromatic heterocycles. The first-order valence-corrected chi connectivity index (χ1v) is 4.22. The maximum Gasteiger partial charge on any atom is 0.154 e. The number of nitrogens with one attached hydrogen (secondary N) is 1. The Labute approximate surface area is 73.9 Å². The van der Waals surface area contributed by atoms with Crippen LogP contribution in [0, 0.1) is 0 Å². The summed E-state index contributed by atoms with van der Waals surface area (Å²) in [5.74, 6) is 5.83. The van der Waals surface area contributed by atoms with Crippen molar-refractivity contribution >= 4 is 28.8 Å². The van der Waals surface area contributed by atoms with Crippen LogP contribution in [0.4, 0.5) is 0 Å². The summed E-state index contributed by atoms with van der Waals surface area (Å²) < 4.78 is 0. The van der Waals surface area contributed by atoms with Crippen LogP contribution in [-0.4, -0.2) is 12.9 Å². The summed E-state index contributed by atoms with van der Waals surface area (Å²) in [4.78, 5) is 4.79. The minimum absolute atomic E-state index is 0.616. The molecule has 0 saturated heterocycles. The quantitative estimate of drug-likeness (QED) is 0.302. The Kier molecular flexibility index (Phi) is 2.87. The predicted molar refractivity (Wildman–Crippen MR) is 49.1 cm³/mol. The molecule has 1 rings (SSSR count). The highest BCUT2D eigenvalue weighted by molar-refractivity contribution is 7.12. The molecule has 0 atom stereocenters. The highest BCUT2D eigenvalue weighted by Gasteiger charge is 2.06. The van der Waals surface area contributed by atoms with Gasteiger partial charge in [0.1, 0.15) is 0 Å². The van der Waals surface area contributed by atoms with Gasteiger partial charge in [-0.3, -0.25) is 4.99 Å². The fraction of sp³-hybridized carbons (Fsp3) is 0.167. The summed E-state index contributed by atoms with van der Waals surface area (Å²) in [6.45, 7) is 0. The van der Waals surface area contributed by atoms with E-state index in [1.165, 1.54) is 11.3 Å². The Morgan fingerprint density at radius 1 is 1.82 bits per heavy atom. The van der Waals surface area contributed by atoms with Crippen molar-refractivity contribution in [3.63, 3.8) is 0 Å². The minimum Gasteiger partial charge on any atom is -0.308 e. The molecule has 0 aliphatic rings. The normalized spacial score (nSPS) is 11.7. The Hall–Kier alpha value is -0.580. The van der Waals surface area contributed by atoms with E-state index in [1.54, 1.807) is 7.05 Å². The second-order valence-electron chi connectivity index (χ2n) is 1.81. The van der Waals surface area contributed by atoms with Gasteiger partial charge in [0.05, 0.1) is 9.90 Å². The van der Waals surface area contributed by atoms with Crippen molar-refractivity contribution in [2.45, 2.75) is 0 Å². The number of nitrogens with two attached hydrogens (primary N) is 1. The summed E-state index contributed by atoms with van der Waals surface area (Å²) in [6.07, 6.45) is 0. The first kappa shape index (κ1) is 8.52. The number of hydrogen-bond donors (Lipinski definition) is 2. The van der Waals surface area contributed by atoms with Crippen LogP contribution in [0.2, 0.25) is 5.02 Å². The number of halogens is 1. The molecule has 3 nitrogen and oxygen atoms in total. The molecule has 3 N–H and O–H groups in total. The molecular formula is C6H8ClN3S. The number of hydrazine groups is 1. The molecule has 0 unspecified atom stereocenters. The topological polar surface area (TPSA) is 50.4 Å². The van der Waals surface area contributed by atoms with Crippen molar-refractivity contribution in [3.8, 4) is 0 Å². The fourth-order valence-corrected chi connectivity index (χ4v) is 1.84. The van der Waals surface area contributed by atoms with Crippen molar-refractivity contribution in [1.82, 2.24) is 5.43 Å². The van der Waals surface area contributed by atoms with E-state index in [2.05, 4.69) is 10.4 Å². The Bertz CT molecular complexity index is 269. The Morgan fingerprint density at radius 3 is 2.91 bits per heavy atom. The number of hydrogen-bond acceptors (Lipinski definition) is 3. The maximum absolute atomic E-state index is 5.83. The monoisotopic (exact) mass is 189 g/mol. The van der Waals surface area contributed by atoms with Gasteiger partial charge in [-0.05, 0) is 11.4 Å². The third-order valence-electron chi connectivity index (χ3n) is 1.19. The standard InChI is InChI=1S/C6H8ClN3S/c1-9-6(10-8)5-4(7)2-3-11-5/h2-3H,8H2,1H3,(H,9,10). The van der Waals surface area contributed by atoms with Gasteiger partial charge in [-0.15, -0.1) is 11.3 Å². The van der Waals surface area contributed by atoms with Crippen LogP contribution >= 0.6 is 22.9 Å². The highest BCUT2D eigenvalue weighted by Crippen LogP contribution is 2.21. The third-order valence-corrected chi connectivity index (χ3v) is 2.54. The van der Waals surface area contributed by atoms with Gasteiger partial charge in [0, 0.05) is 7.05 Å². The van der Waals surface area contributed by atoms with Crippen molar-refractivity contribution < 1.29 is 0 Å². The summed E-state index contributed by atoms with van der Waals surface area (Å²) >= 11 is 7.33.